The van der Waals surface area contributed by atoms with E-state index < -0.39 is 0 Å². The Morgan fingerprint density at radius 2 is 2.20 bits per heavy atom. The third-order valence-corrected chi connectivity index (χ3v) is 3.17. The lowest BCUT2D eigenvalue weighted by Gasteiger charge is -2.21. The van der Waals surface area contributed by atoms with E-state index in [9.17, 15) is 0 Å². The maximum absolute atomic E-state index is 3.43. The Morgan fingerprint density at radius 3 is 2.90 bits per heavy atom. The number of hydrogen-bond donors (Lipinski definition) is 1. The standard InChI is InChI=1S/C8H16N2/c1-6-3-7-4-9-5-8(7)10(6)2/h6-9H,3-5H2,1-2H3/t6-,7+,8-/m1/s1. The van der Waals surface area contributed by atoms with Crippen molar-refractivity contribution in [2.24, 2.45) is 5.92 Å². The molecule has 0 aromatic carbocycles. The van der Waals surface area contributed by atoms with Crippen LogP contribution in [0.1, 0.15) is 13.3 Å². The topological polar surface area (TPSA) is 15.3 Å². The van der Waals surface area contributed by atoms with Crippen LogP contribution in [0.4, 0.5) is 0 Å². The highest BCUT2D eigenvalue weighted by Gasteiger charge is 2.39. The second kappa shape index (κ2) is 2.21. The number of nitrogens with one attached hydrogen (secondary N) is 1. The molecule has 0 spiro atoms. The number of hydrogen-bond acceptors (Lipinski definition) is 2. The third-order valence-electron chi connectivity index (χ3n) is 3.17. The number of likely N-dealkylation sites (tertiary alicyclic amines) is 1. The first-order chi connectivity index (χ1) is 4.79. The summed E-state index contributed by atoms with van der Waals surface area (Å²) < 4.78 is 0. The number of likely N-dealkylation sites (N-methyl/N-ethyl adjacent to an activating group) is 1. The molecular weight excluding hydrogens is 124 g/mol. The fourth-order valence-corrected chi connectivity index (χ4v) is 2.37. The Labute approximate surface area is 62.6 Å². The molecule has 2 heteroatoms. The lowest BCUT2D eigenvalue weighted by molar-refractivity contribution is 0.255. The molecule has 0 bridgehead atoms. The predicted molar refractivity (Wildman–Crippen MR) is 42.0 cm³/mol. The van der Waals surface area contributed by atoms with E-state index in [1.165, 1.54) is 19.5 Å². The number of nitrogens with zero attached hydrogens (tertiary/aromatic N) is 1. The summed E-state index contributed by atoms with van der Waals surface area (Å²) in [5.41, 5.74) is 0. The first-order valence-corrected chi connectivity index (χ1v) is 4.21. The Hall–Kier alpha value is -0.0800. The minimum absolute atomic E-state index is 0.817. The molecule has 0 aromatic rings. The van der Waals surface area contributed by atoms with Gasteiger partial charge < -0.3 is 5.32 Å². The lowest BCUT2D eigenvalue weighted by Crippen LogP contribution is -2.34. The van der Waals surface area contributed by atoms with Gasteiger partial charge in [-0.1, -0.05) is 0 Å². The Kier molecular flexibility index (Phi) is 1.46. The zero-order valence-corrected chi connectivity index (χ0v) is 6.80. The van der Waals surface area contributed by atoms with E-state index in [4.69, 9.17) is 0 Å². The summed E-state index contributed by atoms with van der Waals surface area (Å²) in [5, 5.41) is 3.43. The van der Waals surface area contributed by atoms with Crippen LogP contribution in [0.5, 0.6) is 0 Å². The van der Waals surface area contributed by atoms with E-state index in [2.05, 4.69) is 24.2 Å². The van der Waals surface area contributed by atoms with Crippen molar-refractivity contribution in [1.29, 1.82) is 0 Å². The first kappa shape index (κ1) is 6.62. The smallest absolute Gasteiger partial charge is 0.0261 e. The van der Waals surface area contributed by atoms with Crippen LogP contribution in [0, 0.1) is 5.92 Å². The summed E-state index contributed by atoms with van der Waals surface area (Å²) >= 11 is 0. The molecule has 1 N–H and O–H groups in total. The molecule has 10 heavy (non-hydrogen) atoms. The molecule has 2 nitrogen and oxygen atoms in total. The fourth-order valence-electron chi connectivity index (χ4n) is 2.37. The van der Waals surface area contributed by atoms with E-state index in [-0.39, 0.29) is 0 Å². The molecule has 0 amide bonds. The number of rotatable bonds is 0. The van der Waals surface area contributed by atoms with Gasteiger partial charge in [0.15, 0.2) is 0 Å². The summed E-state index contributed by atoms with van der Waals surface area (Å²) in [5.74, 6) is 0.944. The van der Waals surface area contributed by atoms with Crippen molar-refractivity contribution >= 4 is 0 Å². The van der Waals surface area contributed by atoms with Crippen molar-refractivity contribution in [1.82, 2.24) is 10.2 Å². The average molecular weight is 140 g/mol. The van der Waals surface area contributed by atoms with Crippen molar-refractivity contribution in [3.8, 4) is 0 Å². The minimum Gasteiger partial charge on any atom is -0.315 e. The van der Waals surface area contributed by atoms with Gasteiger partial charge in [-0.25, -0.2) is 0 Å². The molecule has 2 fully saturated rings. The van der Waals surface area contributed by atoms with Crippen LogP contribution in [0.2, 0.25) is 0 Å². The molecule has 0 aromatic heterocycles. The predicted octanol–water partition coefficient (Wildman–Crippen LogP) is 0.298. The molecule has 0 radical (unpaired) electrons. The van der Waals surface area contributed by atoms with Gasteiger partial charge in [0.2, 0.25) is 0 Å². The first-order valence-electron chi connectivity index (χ1n) is 4.21. The van der Waals surface area contributed by atoms with Crippen molar-refractivity contribution in [2.45, 2.75) is 25.4 Å². The van der Waals surface area contributed by atoms with Gasteiger partial charge in [-0.15, -0.1) is 0 Å². The normalized spacial score (nSPS) is 48.0. The van der Waals surface area contributed by atoms with E-state index in [0.29, 0.717) is 0 Å². The molecule has 2 heterocycles. The molecule has 0 saturated carbocycles. The minimum atomic E-state index is 0.817. The zero-order valence-electron chi connectivity index (χ0n) is 6.80. The Bertz CT molecular complexity index is 133. The maximum Gasteiger partial charge on any atom is 0.0261 e. The van der Waals surface area contributed by atoms with Crippen LogP contribution < -0.4 is 5.32 Å². The fraction of sp³-hybridized carbons (Fsp3) is 1.00. The van der Waals surface area contributed by atoms with Gasteiger partial charge in [0.05, 0.1) is 0 Å². The van der Waals surface area contributed by atoms with Crippen molar-refractivity contribution < 1.29 is 0 Å². The quantitative estimate of drug-likeness (QED) is 0.520. The molecule has 2 aliphatic heterocycles. The molecule has 58 valence electrons. The van der Waals surface area contributed by atoms with Crippen LogP contribution in [0.15, 0.2) is 0 Å². The Balaban J connectivity index is 2.09. The monoisotopic (exact) mass is 140 g/mol. The van der Waals surface area contributed by atoms with Gasteiger partial charge in [0.25, 0.3) is 0 Å². The molecule has 0 unspecified atom stereocenters. The summed E-state index contributed by atoms with van der Waals surface area (Å²) in [7, 11) is 2.25. The van der Waals surface area contributed by atoms with Gasteiger partial charge in [-0.2, -0.15) is 0 Å². The van der Waals surface area contributed by atoms with E-state index in [1.807, 2.05) is 0 Å². The van der Waals surface area contributed by atoms with Gasteiger partial charge in [-0.3, -0.25) is 4.90 Å². The highest BCUT2D eigenvalue weighted by Crippen LogP contribution is 2.30. The van der Waals surface area contributed by atoms with Crippen molar-refractivity contribution in [3.05, 3.63) is 0 Å². The summed E-state index contributed by atoms with van der Waals surface area (Å²) in [4.78, 5) is 2.52. The molecule has 2 saturated heterocycles. The van der Waals surface area contributed by atoms with Crippen LogP contribution in [-0.4, -0.2) is 37.1 Å². The molecule has 2 aliphatic rings. The molecule has 3 atom stereocenters. The molecular formula is C8H16N2. The van der Waals surface area contributed by atoms with Gasteiger partial charge in [0.1, 0.15) is 0 Å². The second-order valence-electron chi connectivity index (χ2n) is 3.74. The Morgan fingerprint density at radius 1 is 1.40 bits per heavy atom. The zero-order chi connectivity index (χ0) is 7.14. The molecule has 2 rings (SSSR count). The van der Waals surface area contributed by atoms with Crippen molar-refractivity contribution in [2.75, 3.05) is 20.1 Å². The number of fused-ring (bicyclic) bond motifs is 1. The SMILES string of the molecule is C[C@@H]1C[C@H]2CNC[C@H]2N1C. The highest BCUT2D eigenvalue weighted by molar-refractivity contribution is 4.96. The van der Waals surface area contributed by atoms with Crippen LogP contribution in [-0.2, 0) is 0 Å². The van der Waals surface area contributed by atoms with Crippen LogP contribution in [0.3, 0.4) is 0 Å². The second-order valence-corrected chi connectivity index (χ2v) is 3.74. The van der Waals surface area contributed by atoms with Gasteiger partial charge in [-0.05, 0) is 32.9 Å². The van der Waals surface area contributed by atoms with E-state index >= 15 is 0 Å². The van der Waals surface area contributed by atoms with Crippen molar-refractivity contribution in [3.63, 3.8) is 0 Å². The van der Waals surface area contributed by atoms with Gasteiger partial charge >= 0.3 is 0 Å². The largest absolute Gasteiger partial charge is 0.315 e. The summed E-state index contributed by atoms with van der Waals surface area (Å²) in [6.45, 7) is 4.79. The van der Waals surface area contributed by atoms with E-state index in [1.54, 1.807) is 0 Å². The van der Waals surface area contributed by atoms with Crippen LogP contribution in [0.25, 0.3) is 0 Å². The highest BCUT2D eigenvalue weighted by atomic mass is 15.2. The van der Waals surface area contributed by atoms with E-state index in [0.717, 1.165) is 18.0 Å². The lowest BCUT2D eigenvalue weighted by atomic mass is 10.0. The van der Waals surface area contributed by atoms with Crippen LogP contribution >= 0.6 is 0 Å². The summed E-state index contributed by atoms with van der Waals surface area (Å²) in [6.07, 6.45) is 1.40. The molecule has 0 aliphatic carbocycles. The summed E-state index contributed by atoms with van der Waals surface area (Å²) in [6, 6.07) is 1.66. The van der Waals surface area contributed by atoms with Gasteiger partial charge in [0, 0.05) is 18.6 Å². The maximum atomic E-state index is 3.43. The average Bonchev–Trinajstić information content (AvgIpc) is 2.41. The third kappa shape index (κ3) is 0.789.